The Hall–Kier alpha value is -2.30. The molecule has 1 aromatic carbocycles. The minimum atomic E-state index is -0.334. The van der Waals surface area contributed by atoms with Gasteiger partial charge >= 0.3 is 0 Å². The van der Waals surface area contributed by atoms with E-state index in [9.17, 15) is 4.79 Å². The fourth-order valence-electron chi connectivity index (χ4n) is 2.20. The van der Waals surface area contributed by atoms with Gasteiger partial charge in [-0.25, -0.2) is 0 Å². The van der Waals surface area contributed by atoms with E-state index in [1.165, 1.54) is 0 Å². The summed E-state index contributed by atoms with van der Waals surface area (Å²) in [5.74, 6) is -0.0310. The lowest BCUT2D eigenvalue weighted by Gasteiger charge is -2.18. The van der Waals surface area contributed by atoms with Gasteiger partial charge in [0.1, 0.15) is 6.04 Å². The van der Waals surface area contributed by atoms with Gasteiger partial charge in [0.2, 0.25) is 5.91 Å². The molecular weight excluding hydrogens is 264 g/mol. The normalized spacial score (nSPS) is 12.4. The average molecular weight is 286 g/mol. The summed E-state index contributed by atoms with van der Waals surface area (Å²) in [7, 11) is 0. The highest BCUT2D eigenvalue weighted by molar-refractivity contribution is 5.95. The first-order valence-corrected chi connectivity index (χ1v) is 7.10. The Kier molecular flexibility index (Phi) is 4.31. The Morgan fingerprint density at radius 2 is 1.95 bits per heavy atom. The summed E-state index contributed by atoms with van der Waals surface area (Å²) in [5.41, 5.74) is 9.16. The van der Waals surface area contributed by atoms with Gasteiger partial charge in [0, 0.05) is 28.5 Å². The second-order valence-electron chi connectivity index (χ2n) is 5.62. The van der Waals surface area contributed by atoms with Crippen molar-refractivity contribution in [3.8, 4) is 0 Å². The number of pyridine rings is 1. The van der Waals surface area contributed by atoms with Crippen molar-refractivity contribution in [1.82, 2.24) is 10.3 Å². The summed E-state index contributed by atoms with van der Waals surface area (Å²) in [6.07, 6.45) is 0. The number of rotatable bonds is 4. The highest BCUT2D eigenvalue weighted by atomic mass is 16.2. The van der Waals surface area contributed by atoms with E-state index in [1.54, 1.807) is 0 Å². The maximum atomic E-state index is 12.0. The molecule has 0 aliphatic rings. The van der Waals surface area contributed by atoms with E-state index < -0.39 is 0 Å². The minimum absolute atomic E-state index is 0.0310. The number of hydrogen-bond donors (Lipinski definition) is 3. The van der Waals surface area contributed by atoms with Crippen LogP contribution < -0.4 is 16.4 Å². The van der Waals surface area contributed by atoms with Gasteiger partial charge in [-0.15, -0.1) is 0 Å². The number of nitrogens with zero attached hydrogens (tertiary/aromatic N) is 1. The van der Waals surface area contributed by atoms with Gasteiger partial charge in [-0.1, -0.05) is 0 Å². The Morgan fingerprint density at radius 3 is 2.62 bits per heavy atom. The molecule has 0 bridgehead atoms. The summed E-state index contributed by atoms with van der Waals surface area (Å²) in [4.78, 5) is 16.5. The molecule has 1 amide bonds. The van der Waals surface area contributed by atoms with Gasteiger partial charge in [0.25, 0.3) is 0 Å². The van der Waals surface area contributed by atoms with Crippen LogP contribution in [0.5, 0.6) is 0 Å². The molecule has 5 nitrogen and oxygen atoms in total. The largest absolute Gasteiger partial charge is 0.399 e. The Balaban J connectivity index is 2.33. The monoisotopic (exact) mass is 286 g/mol. The maximum absolute atomic E-state index is 12.0. The van der Waals surface area contributed by atoms with Crippen LogP contribution in [0.3, 0.4) is 0 Å². The SMILES string of the molecule is Cc1cc(NC(C)C(=O)NC(C)C)c2cc(N)ccc2n1. The molecule has 112 valence electrons. The molecule has 21 heavy (non-hydrogen) atoms. The molecule has 0 aliphatic heterocycles. The second-order valence-corrected chi connectivity index (χ2v) is 5.62. The van der Waals surface area contributed by atoms with Crippen molar-refractivity contribution in [2.75, 3.05) is 11.1 Å². The van der Waals surface area contributed by atoms with E-state index in [2.05, 4.69) is 15.6 Å². The molecule has 0 saturated heterocycles. The molecule has 0 radical (unpaired) electrons. The number of benzene rings is 1. The number of carbonyl (C=O) groups is 1. The summed E-state index contributed by atoms with van der Waals surface area (Å²) in [6.45, 7) is 7.65. The van der Waals surface area contributed by atoms with Gasteiger partial charge < -0.3 is 16.4 Å². The Labute approximate surface area is 124 Å². The van der Waals surface area contributed by atoms with Gasteiger partial charge in [0.15, 0.2) is 0 Å². The second kappa shape index (κ2) is 5.99. The standard InChI is InChI=1S/C16H22N4O/c1-9(2)18-16(21)11(4)20-15-7-10(3)19-14-6-5-12(17)8-13(14)15/h5-9,11H,17H2,1-4H3,(H,18,21)(H,19,20). The molecule has 2 aromatic rings. The fourth-order valence-corrected chi connectivity index (χ4v) is 2.20. The third kappa shape index (κ3) is 3.62. The zero-order valence-corrected chi connectivity index (χ0v) is 12.9. The third-order valence-corrected chi connectivity index (χ3v) is 3.16. The highest BCUT2D eigenvalue weighted by Gasteiger charge is 2.15. The van der Waals surface area contributed by atoms with Gasteiger partial charge in [-0.05, 0) is 52.0 Å². The first-order chi connectivity index (χ1) is 9.86. The lowest BCUT2D eigenvalue weighted by Crippen LogP contribution is -2.41. The van der Waals surface area contributed by atoms with Gasteiger partial charge in [0.05, 0.1) is 5.52 Å². The Morgan fingerprint density at radius 1 is 1.24 bits per heavy atom. The summed E-state index contributed by atoms with van der Waals surface area (Å²) < 4.78 is 0. The predicted molar refractivity (Wildman–Crippen MR) is 87.3 cm³/mol. The van der Waals surface area contributed by atoms with Crippen LogP contribution >= 0.6 is 0 Å². The lowest BCUT2D eigenvalue weighted by molar-refractivity contribution is -0.122. The van der Waals surface area contributed by atoms with Crippen LogP contribution in [0.25, 0.3) is 10.9 Å². The average Bonchev–Trinajstić information content (AvgIpc) is 2.38. The fraction of sp³-hybridized carbons (Fsp3) is 0.375. The third-order valence-electron chi connectivity index (χ3n) is 3.16. The smallest absolute Gasteiger partial charge is 0.242 e. The first-order valence-electron chi connectivity index (χ1n) is 7.10. The zero-order valence-electron chi connectivity index (χ0n) is 12.9. The Bertz CT molecular complexity index is 667. The molecule has 4 N–H and O–H groups in total. The van der Waals surface area contributed by atoms with Crippen LogP contribution in [-0.4, -0.2) is 23.0 Å². The molecular formula is C16H22N4O. The van der Waals surface area contributed by atoms with Gasteiger partial charge in [-0.2, -0.15) is 0 Å². The zero-order chi connectivity index (χ0) is 15.6. The van der Waals surface area contributed by atoms with Crippen LogP contribution in [0.15, 0.2) is 24.3 Å². The highest BCUT2D eigenvalue weighted by Crippen LogP contribution is 2.25. The molecule has 1 unspecified atom stereocenters. The van der Waals surface area contributed by atoms with E-state index >= 15 is 0 Å². The number of aryl methyl sites for hydroxylation is 1. The van der Waals surface area contributed by atoms with E-state index in [-0.39, 0.29) is 18.0 Å². The molecule has 0 saturated carbocycles. The van der Waals surface area contributed by atoms with Crippen molar-refractivity contribution in [3.63, 3.8) is 0 Å². The van der Waals surface area contributed by atoms with Crippen molar-refractivity contribution < 1.29 is 4.79 Å². The first kappa shape index (κ1) is 15.1. The van der Waals surface area contributed by atoms with E-state index in [0.29, 0.717) is 5.69 Å². The lowest BCUT2D eigenvalue weighted by atomic mass is 10.1. The number of fused-ring (bicyclic) bond motifs is 1. The number of hydrogen-bond acceptors (Lipinski definition) is 4. The number of nitrogens with one attached hydrogen (secondary N) is 2. The molecule has 0 spiro atoms. The summed E-state index contributed by atoms with van der Waals surface area (Å²) >= 11 is 0. The van der Waals surface area contributed by atoms with Crippen LogP contribution in [0.1, 0.15) is 26.5 Å². The number of anilines is 2. The van der Waals surface area contributed by atoms with E-state index in [4.69, 9.17) is 5.73 Å². The molecule has 2 rings (SSSR count). The van der Waals surface area contributed by atoms with E-state index in [1.807, 2.05) is 52.0 Å². The molecule has 1 aromatic heterocycles. The van der Waals surface area contributed by atoms with Crippen molar-refractivity contribution >= 4 is 28.2 Å². The summed E-state index contributed by atoms with van der Waals surface area (Å²) in [6, 6.07) is 7.31. The van der Waals surface area contributed by atoms with Crippen molar-refractivity contribution in [2.45, 2.75) is 39.8 Å². The van der Waals surface area contributed by atoms with Crippen LogP contribution in [0.2, 0.25) is 0 Å². The number of nitrogens with two attached hydrogens (primary N) is 1. The van der Waals surface area contributed by atoms with Crippen molar-refractivity contribution in [3.05, 3.63) is 30.0 Å². The summed E-state index contributed by atoms with van der Waals surface area (Å²) in [5, 5.41) is 7.07. The van der Waals surface area contributed by atoms with Crippen LogP contribution in [0, 0.1) is 6.92 Å². The van der Waals surface area contributed by atoms with E-state index in [0.717, 1.165) is 22.3 Å². The maximum Gasteiger partial charge on any atom is 0.242 e. The van der Waals surface area contributed by atoms with Crippen LogP contribution in [-0.2, 0) is 4.79 Å². The minimum Gasteiger partial charge on any atom is -0.399 e. The number of amides is 1. The van der Waals surface area contributed by atoms with Crippen molar-refractivity contribution in [1.29, 1.82) is 0 Å². The number of carbonyl (C=O) groups excluding carboxylic acids is 1. The topological polar surface area (TPSA) is 80.0 Å². The molecule has 5 heteroatoms. The molecule has 1 atom stereocenters. The van der Waals surface area contributed by atoms with Gasteiger partial charge in [-0.3, -0.25) is 9.78 Å². The molecule has 0 fully saturated rings. The predicted octanol–water partition coefficient (Wildman–Crippen LogP) is 2.45. The van der Waals surface area contributed by atoms with Crippen molar-refractivity contribution in [2.24, 2.45) is 0 Å². The molecule has 0 aliphatic carbocycles. The number of nitrogen functional groups attached to an aromatic ring is 1. The molecule has 1 heterocycles. The quantitative estimate of drug-likeness (QED) is 0.754. The van der Waals surface area contributed by atoms with Crippen LogP contribution in [0.4, 0.5) is 11.4 Å². The number of aromatic nitrogens is 1.